The minimum Gasteiger partial charge on any atom is -0.460 e. The van der Waals surface area contributed by atoms with E-state index in [4.69, 9.17) is 9.15 Å². The lowest BCUT2D eigenvalue weighted by molar-refractivity contribution is -0.385. The van der Waals surface area contributed by atoms with E-state index in [-0.39, 0.29) is 23.7 Å². The highest BCUT2D eigenvalue weighted by molar-refractivity contribution is 7.14. The van der Waals surface area contributed by atoms with Gasteiger partial charge in [0.1, 0.15) is 11.5 Å². The van der Waals surface area contributed by atoms with Crippen molar-refractivity contribution in [2.45, 2.75) is 13.5 Å². The van der Waals surface area contributed by atoms with Gasteiger partial charge in [-0.15, -0.1) is 11.3 Å². The molecule has 0 aliphatic carbocycles. The molecule has 0 saturated heterocycles. The van der Waals surface area contributed by atoms with E-state index in [1.54, 1.807) is 31.2 Å². The van der Waals surface area contributed by atoms with E-state index in [0.29, 0.717) is 16.0 Å². The molecular weight excluding hydrogens is 336 g/mol. The number of benzene rings is 1. The third-order valence-electron chi connectivity index (χ3n) is 3.41. The zero-order chi connectivity index (χ0) is 17.3. The van der Waals surface area contributed by atoms with Crippen molar-refractivity contribution in [3.63, 3.8) is 0 Å². The minimum atomic E-state index is -0.656. The van der Waals surface area contributed by atoms with E-state index in [2.05, 4.69) is 0 Å². The van der Waals surface area contributed by atoms with Crippen molar-refractivity contribution in [3.8, 4) is 0 Å². The monoisotopic (exact) mass is 348 g/mol. The van der Waals surface area contributed by atoms with Crippen LogP contribution in [0.4, 0.5) is 5.69 Å². The van der Waals surface area contributed by atoms with E-state index >= 15 is 0 Å². The van der Waals surface area contributed by atoms with Crippen LogP contribution in [0.3, 0.4) is 0 Å². The summed E-state index contributed by atoms with van der Waals surface area (Å²) in [6, 6.07) is 8.12. The van der Waals surface area contributed by atoms with Crippen LogP contribution in [0.5, 0.6) is 0 Å². The summed E-state index contributed by atoms with van der Waals surface area (Å²) in [5.74, 6) is -1.19. The number of hydrogen-bond donors (Lipinski definition) is 0. The minimum absolute atomic E-state index is 0.0486. The number of para-hydroxylation sites is 2. The largest absolute Gasteiger partial charge is 0.460 e. The lowest BCUT2D eigenvalue weighted by Crippen LogP contribution is -2.18. The zero-order valence-corrected chi connectivity index (χ0v) is 13.4. The molecule has 0 atom stereocenters. The fourth-order valence-corrected chi connectivity index (χ4v) is 3.16. The van der Waals surface area contributed by atoms with Crippen LogP contribution < -0.4 is 5.76 Å². The molecule has 0 spiro atoms. The number of nitro groups is 1. The molecule has 9 heteroatoms. The van der Waals surface area contributed by atoms with Crippen LogP contribution in [-0.4, -0.2) is 22.1 Å². The van der Waals surface area contributed by atoms with E-state index in [9.17, 15) is 19.7 Å². The Kier molecular flexibility index (Phi) is 4.17. The third kappa shape index (κ3) is 2.93. The van der Waals surface area contributed by atoms with Crippen molar-refractivity contribution >= 4 is 34.1 Å². The Balaban J connectivity index is 1.69. The summed E-state index contributed by atoms with van der Waals surface area (Å²) in [6.45, 7) is 1.65. The molecule has 1 aromatic carbocycles. The number of thiophene rings is 1. The Morgan fingerprint density at radius 1 is 1.42 bits per heavy atom. The molecule has 0 N–H and O–H groups in total. The predicted octanol–water partition coefficient (Wildman–Crippen LogP) is 2.73. The van der Waals surface area contributed by atoms with Crippen molar-refractivity contribution < 1.29 is 18.9 Å². The normalized spacial score (nSPS) is 10.9. The number of rotatable bonds is 5. The van der Waals surface area contributed by atoms with Gasteiger partial charge in [-0.3, -0.25) is 14.7 Å². The van der Waals surface area contributed by atoms with Crippen molar-refractivity contribution in [1.82, 2.24) is 4.57 Å². The van der Waals surface area contributed by atoms with Gasteiger partial charge >= 0.3 is 11.7 Å². The summed E-state index contributed by atoms with van der Waals surface area (Å²) in [4.78, 5) is 34.6. The van der Waals surface area contributed by atoms with Gasteiger partial charge in [0.25, 0.3) is 5.69 Å². The van der Waals surface area contributed by atoms with Crippen LogP contribution in [0, 0.1) is 17.0 Å². The van der Waals surface area contributed by atoms with Crippen molar-refractivity contribution in [3.05, 3.63) is 60.8 Å². The second-order valence-corrected chi connectivity index (χ2v) is 6.19. The Morgan fingerprint density at radius 3 is 2.88 bits per heavy atom. The first-order chi connectivity index (χ1) is 11.5. The highest BCUT2D eigenvalue weighted by Gasteiger charge is 2.20. The van der Waals surface area contributed by atoms with Crippen molar-refractivity contribution in [1.29, 1.82) is 0 Å². The molecule has 3 aromatic rings. The second-order valence-electron chi connectivity index (χ2n) is 4.93. The van der Waals surface area contributed by atoms with Crippen LogP contribution in [0.25, 0.3) is 11.1 Å². The second kappa shape index (κ2) is 6.28. The van der Waals surface area contributed by atoms with Crippen LogP contribution in [0.15, 0.2) is 39.5 Å². The van der Waals surface area contributed by atoms with E-state index in [0.717, 1.165) is 11.3 Å². The molecule has 0 aliphatic heterocycles. The van der Waals surface area contributed by atoms with E-state index in [1.165, 1.54) is 10.6 Å². The van der Waals surface area contributed by atoms with Gasteiger partial charge in [-0.25, -0.2) is 9.59 Å². The van der Waals surface area contributed by atoms with Crippen LogP contribution in [-0.2, 0) is 11.3 Å². The number of aromatic nitrogens is 1. The van der Waals surface area contributed by atoms with Crippen LogP contribution in [0.2, 0.25) is 0 Å². The van der Waals surface area contributed by atoms with Gasteiger partial charge in [-0.05, 0) is 19.1 Å². The maximum Gasteiger partial charge on any atom is 0.420 e. The molecule has 3 rings (SSSR count). The van der Waals surface area contributed by atoms with E-state index in [1.807, 2.05) is 0 Å². The SMILES string of the molecule is Cc1sc(C(=O)OCCn2c(=O)oc3ccccc32)cc1[N+](=O)[O-]. The molecule has 124 valence electrons. The lowest BCUT2D eigenvalue weighted by Gasteiger charge is -2.03. The van der Waals surface area contributed by atoms with Gasteiger partial charge in [0, 0.05) is 6.07 Å². The third-order valence-corrected chi connectivity index (χ3v) is 4.43. The van der Waals surface area contributed by atoms with Crippen LogP contribution in [0.1, 0.15) is 14.5 Å². The number of fused-ring (bicyclic) bond motifs is 1. The lowest BCUT2D eigenvalue weighted by atomic mass is 10.3. The zero-order valence-electron chi connectivity index (χ0n) is 12.6. The summed E-state index contributed by atoms with van der Waals surface area (Å²) in [5, 5.41) is 10.8. The number of carbonyl (C=O) groups is 1. The molecule has 0 bridgehead atoms. The highest BCUT2D eigenvalue weighted by Crippen LogP contribution is 2.28. The van der Waals surface area contributed by atoms with Crippen molar-refractivity contribution in [2.24, 2.45) is 0 Å². The number of aryl methyl sites for hydroxylation is 1. The highest BCUT2D eigenvalue weighted by atomic mass is 32.1. The molecule has 24 heavy (non-hydrogen) atoms. The number of ether oxygens (including phenoxy) is 1. The first kappa shape index (κ1) is 15.9. The van der Waals surface area contributed by atoms with Gasteiger partial charge in [0.05, 0.1) is 21.9 Å². The first-order valence-electron chi connectivity index (χ1n) is 6.97. The molecule has 0 unspecified atom stereocenters. The van der Waals surface area contributed by atoms with E-state index < -0.39 is 16.6 Å². The smallest absolute Gasteiger partial charge is 0.420 e. The Hall–Kier alpha value is -2.94. The molecule has 8 nitrogen and oxygen atoms in total. The van der Waals surface area contributed by atoms with Gasteiger partial charge < -0.3 is 9.15 Å². The summed E-state index contributed by atoms with van der Waals surface area (Å²) < 4.78 is 11.5. The molecule has 0 aliphatic rings. The standard InChI is InChI=1S/C15H12N2O6S/c1-9-11(17(20)21)8-13(24-9)14(18)22-7-6-16-10-4-2-3-5-12(10)23-15(16)19/h2-5,8H,6-7H2,1H3. The maximum atomic E-state index is 12.0. The summed E-state index contributed by atoms with van der Waals surface area (Å²) in [7, 11) is 0. The van der Waals surface area contributed by atoms with Crippen LogP contribution >= 0.6 is 11.3 Å². The number of esters is 1. The van der Waals surface area contributed by atoms with Gasteiger partial charge in [-0.1, -0.05) is 12.1 Å². The Morgan fingerprint density at radius 2 is 2.17 bits per heavy atom. The number of oxazole rings is 1. The van der Waals surface area contributed by atoms with Crippen molar-refractivity contribution in [2.75, 3.05) is 6.61 Å². The Labute approximate surface area is 139 Å². The maximum absolute atomic E-state index is 12.0. The molecule has 0 saturated carbocycles. The topological polar surface area (TPSA) is 105 Å². The first-order valence-corrected chi connectivity index (χ1v) is 7.79. The average Bonchev–Trinajstić information content (AvgIpc) is 3.08. The fourth-order valence-electron chi connectivity index (χ4n) is 2.28. The number of hydrogen-bond acceptors (Lipinski definition) is 7. The summed E-state index contributed by atoms with van der Waals surface area (Å²) >= 11 is 1.00. The molecule has 0 amide bonds. The van der Waals surface area contributed by atoms with Gasteiger partial charge in [0.2, 0.25) is 0 Å². The summed E-state index contributed by atoms with van der Waals surface area (Å²) in [5.41, 5.74) is 0.962. The molecule has 2 aromatic heterocycles. The predicted molar refractivity (Wildman–Crippen MR) is 86.5 cm³/mol. The number of nitrogens with zero attached hydrogens (tertiary/aromatic N) is 2. The number of carbonyl (C=O) groups excluding carboxylic acids is 1. The average molecular weight is 348 g/mol. The fraction of sp³-hybridized carbons (Fsp3) is 0.200. The van der Waals surface area contributed by atoms with Gasteiger partial charge in [0.15, 0.2) is 5.58 Å². The molecule has 0 radical (unpaired) electrons. The Bertz CT molecular complexity index is 983. The molecule has 2 heterocycles. The summed E-state index contributed by atoms with van der Waals surface area (Å²) in [6.07, 6.45) is 0. The van der Waals surface area contributed by atoms with Gasteiger partial charge in [-0.2, -0.15) is 0 Å². The quantitative estimate of drug-likeness (QED) is 0.399. The molecule has 0 fully saturated rings. The molecular formula is C15H12N2O6S.